The molecule has 1 amide bonds. The Balaban J connectivity index is 1.60. The number of benzene rings is 2. The van der Waals surface area contributed by atoms with Gasteiger partial charge in [-0.2, -0.15) is 0 Å². The highest BCUT2D eigenvalue weighted by molar-refractivity contribution is 7.89. The number of fused-ring (bicyclic) bond motifs is 1. The molecule has 150 valence electrons. The van der Waals surface area contributed by atoms with Crippen molar-refractivity contribution in [1.82, 2.24) is 10.0 Å². The van der Waals surface area contributed by atoms with Crippen LogP contribution in [0.3, 0.4) is 0 Å². The molecule has 0 spiro atoms. The zero-order valence-electron chi connectivity index (χ0n) is 16.5. The Hall–Kier alpha value is -2.38. The predicted octanol–water partition coefficient (Wildman–Crippen LogP) is 2.51. The molecule has 0 fully saturated rings. The lowest BCUT2D eigenvalue weighted by molar-refractivity contribution is 0.0946. The summed E-state index contributed by atoms with van der Waals surface area (Å²) in [5.74, 6) is 0.483. The second-order valence-electron chi connectivity index (χ2n) is 7.01. The van der Waals surface area contributed by atoms with Gasteiger partial charge in [0.15, 0.2) is 0 Å². The van der Waals surface area contributed by atoms with Crippen molar-refractivity contribution in [2.24, 2.45) is 0 Å². The number of carbonyl (C=O) groups is 1. The molecule has 0 bridgehead atoms. The smallest absolute Gasteiger partial charge is 0.251 e. The third-order valence-corrected chi connectivity index (χ3v) is 6.71. The Morgan fingerprint density at radius 1 is 1.11 bits per heavy atom. The summed E-state index contributed by atoms with van der Waals surface area (Å²) in [7, 11) is -2.27. The van der Waals surface area contributed by atoms with Crippen molar-refractivity contribution >= 4 is 15.9 Å². The van der Waals surface area contributed by atoms with Crippen LogP contribution in [-0.2, 0) is 22.9 Å². The van der Waals surface area contributed by atoms with Gasteiger partial charge in [-0.15, -0.1) is 0 Å². The van der Waals surface area contributed by atoms with Crippen molar-refractivity contribution in [1.29, 1.82) is 0 Å². The van der Waals surface area contributed by atoms with Gasteiger partial charge >= 0.3 is 0 Å². The fraction of sp³-hybridized carbons (Fsp3) is 0.381. The molecule has 0 atom stereocenters. The van der Waals surface area contributed by atoms with E-state index in [9.17, 15) is 13.2 Å². The van der Waals surface area contributed by atoms with E-state index in [-0.39, 0.29) is 10.8 Å². The monoisotopic (exact) mass is 402 g/mol. The molecule has 0 radical (unpaired) electrons. The van der Waals surface area contributed by atoms with Crippen molar-refractivity contribution in [3.63, 3.8) is 0 Å². The number of carbonyl (C=O) groups excluding carboxylic acids is 1. The highest BCUT2D eigenvalue weighted by Crippen LogP contribution is 2.26. The summed E-state index contributed by atoms with van der Waals surface area (Å²) in [6, 6.07) is 9.24. The zero-order chi connectivity index (χ0) is 20.3. The van der Waals surface area contributed by atoms with Crippen LogP contribution in [0.5, 0.6) is 5.75 Å². The van der Waals surface area contributed by atoms with E-state index in [1.807, 2.05) is 6.07 Å². The maximum atomic E-state index is 12.5. The summed E-state index contributed by atoms with van der Waals surface area (Å²) in [4.78, 5) is 12.6. The molecule has 1 aliphatic carbocycles. The zero-order valence-corrected chi connectivity index (χ0v) is 17.3. The molecule has 0 unspecified atom stereocenters. The second kappa shape index (κ2) is 8.32. The Labute approximate surface area is 166 Å². The quantitative estimate of drug-likeness (QED) is 0.697. The first kappa shape index (κ1) is 20.4. The van der Waals surface area contributed by atoms with Crippen LogP contribution in [0.15, 0.2) is 35.2 Å². The molecule has 2 aromatic rings. The van der Waals surface area contributed by atoms with E-state index in [4.69, 9.17) is 4.74 Å². The Morgan fingerprint density at radius 3 is 2.61 bits per heavy atom. The fourth-order valence-corrected chi connectivity index (χ4v) is 4.49. The molecule has 3 rings (SSSR count). The molecule has 2 N–H and O–H groups in total. The van der Waals surface area contributed by atoms with E-state index in [2.05, 4.69) is 22.2 Å². The van der Waals surface area contributed by atoms with Crippen LogP contribution in [0, 0.1) is 13.8 Å². The number of hydrogen-bond donors (Lipinski definition) is 2. The number of aryl methyl sites for hydroxylation is 3. The van der Waals surface area contributed by atoms with Gasteiger partial charge in [0, 0.05) is 5.56 Å². The van der Waals surface area contributed by atoms with E-state index in [1.54, 1.807) is 19.9 Å². The third kappa shape index (κ3) is 4.36. The number of nitrogens with one attached hydrogen (secondary N) is 2. The lowest BCUT2D eigenvalue weighted by atomic mass is 10.1. The van der Waals surface area contributed by atoms with Gasteiger partial charge in [0.25, 0.3) is 5.91 Å². The normalized spacial score (nSPS) is 13.2. The molecule has 0 saturated heterocycles. The maximum Gasteiger partial charge on any atom is 0.251 e. The van der Waals surface area contributed by atoms with E-state index < -0.39 is 10.0 Å². The molecule has 28 heavy (non-hydrogen) atoms. The Bertz CT molecular complexity index is 1000. The number of rotatable bonds is 7. The number of hydrogen-bond acceptors (Lipinski definition) is 4. The largest absolute Gasteiger partial charge is 0.492 e. The van der Waals surface area contributed by atoms with Gasteiger partial charge in [-0.1, -0.05) is 6.07 Å². The number of ether oxygens (including phenoxy) is 1. The Kier molecular flexibility index (Phi) is 6.05. The summed E-state index contributed by atoms with van der Waals surface area (Å²) in [6.45, 7) is 4.19. The first-order valence-electron chi connectivity index (χ1n) is 9.39. The highest BCUT2D eigenvalue weighted by atomic mass is 32.2. The molecule has 0 saturated carbocycles. The molecular formula is C21H26N2O4S. The van der Waals surface area contributed by atoms with Gasteiger partial charge in [-0.3, -0.25) is 4.79 Å². The molecule has 1 aliphatic rings. The minimum absolute atomic E-state index is 0.120. The van der Waals surface area contributed by atoms with Gasteiger partial charge in [-0.05, 0) is 86.7 Å². The van der Waals surface area contributed by atoms with E-state index in [0.717, 1.165) is 24.2 Å². The third-order valence-electron chi connectivity index (χ3n) is 5.17. The van der Waals surface area contributed by atoms with Crippen molar-refractivity contribution in [2.45, 2.75) is 38.0 Å². The Morgan fingerprint density at radius 2 is 1.86 bits per heavy atom. The first-order valence-corrected chi connectivity index (χ1v) is 10.9. The lowest BCUT2D eigenvalue weighted by Crippen LogP contribution is -2.29. The molecule has 0 aromatic heterocycles. The second-order valence-corrected chi connectivity index (χ2v) is 8.87. The van der Waals surface area contributed by atoms with Crippen LogP contribution >= 0.6 is 0 Å². The number of sulfonamides is 1. The van der Waals surface area contributed by atoms with Gasteiger partial charge in [0.05, 0.1) is 11.4 Å². The van der Waals surface area contributed by atoms with Crippen molar-refractivity contribution < 1.29 is 17.9 Å². The van der Waals surface area contributed by atoms with Crippen molar-refractivity contribution in [2.75, 3.05) is 20.2 Å². The summed E-state index contributed by atoms with van der Waals surface area (Å²) in [5, 5.41) is 2.79. The number of amides is 1. The minimum Gasteiger partial charge on any atom is -0.492 e. The van der Waals surface area contributed by atoms with E-state index in [0.29, 0.717) is 24.3 Å². The summed E-state index contributed by atoms with van der Waals surface area (Å²) >= 11 is 0. The van der Waals surface area contributed by atoms with Crippen LogP contribution < -0.4 is 14.8 Å². The summed E-state index contributed by atoms with van der Waals surface area (Å²) in [5.41, 5.74) is 4.42. The topological polar surface area (TPSA) is 84.5 Å². The summed E-state index contributed by atoms with van der Waals surface area (Å²) < 4.78 is 32.4. The SMILES string of the molecule is CNS(=O)(=O)c1cc(C(=O)NCCOc2ccc3c(c2)CCC3)cc(C)c1C. The van der Waals surface area contributed by atoms with Crippen LogP contribution in [0.4, 0.5) is 0 Å². The van der Waals surface area contributed by atoms with Gasteiger partial charge < -0.3 is 10.1 Å². The van der Waals surface area contributed by atoms with Gasteiger partial charge in [-0.25, -0.2) is 13.1 Å². The van der Waals surface area contributed by atoms with Crippen LogP contribution in [0.25, 0.3) is 0 Å². The van der Waals surface area contributed by atoms with Crippen molar-refractivity contribution in [3.05, 3.63) is 58.1 Å². The van der Waals surface area contributed by atoms with E-state index >= 15 is 0 Å². The average molecular weight is 403 g/mol. The van der Waals surface area contributed by atoms with Crippen LogP contribution in [0.2, 0.25) is 0 Å². The van der Waals surface area contributed by atoms with Crippen LogP contribution in [0.1, 0.15) is 39.0 Å². The predicted molar refractivity (Wildman–Crippen MR) is 108 cm³/mol. The highest BCUT2D eigenvalue weighted by Gasteiger charge is 2.19. The molecule has 7 heteroatoms. The minimum atomic E-state index is -3.63. The molecule has 0 aliphatic heterocycles. The molecular weight excluding hydrogens is 376 g/mol. The molecule has 6 nitrogen and oxygen atoms in total. The van der Waals surface area contributed by atoms with Gasteiger partial charge in [0.1, 0.15) is 12.4 Å². The van der Waals surface area contributed by atoms with Gasteiger partial charge in [0.2, 0.25) is 10.0 Å². The molecule has 0 heterocycles. The van der Waals surface area contributed by atoms with Crippen LogP contribution in [-0.4, -0.2) is 34.5 Å². The van der Waals surface area contributed by atoms with Crippen molar-refractivity contribution in [3.8, 4) is 5.75 Å². The standard InChI is InChI=1S/C21H26N2O4S/c1-14-11-18(13-20(15(14)2)28(25,26)22-3)21(24)23-9-10-27-19-8-7-16-5-4-6-17(16)12-19/h7-8,11-13,22H,4-6,9-10H2,1-3H3,(H,23,24). The molecule has 2 aromatic carbocycles. The fourth-order valence-electron chi connectivity index (χ4n) is 3.42. The summed E-state index contributed by atoms with van der Waals surface area (Å²) in [6.07, 6.45) is 3.41. The van der Waals surface area contributed by atoms with E-state index in [1.165, 1.54) is 30.7 Å². The first-order chi connectivity index (χ1) is 13.3. The maximum absolute atomic E-state index is 12.5. The average Bonchev–Trinajstić information content (AvgIpc) is 3.14. The lowest BCUT2D eigenvalue weighted by Gasteiger charge is -2.13.